The van der Waals surface area contributed by atoms with Crippen LogP contribution >= 0.6 is 0 Å². The molecule has 0 aromatic rings. The number of hydrogen-bond acceptors (Lipinski definition) is 1. The first-order valence-corrected chi connectivity index (χ1v) is 6.74. The molecule has 1 nitrogen and oxygen atoms in total. The van der Waals surface area contributed by atoms with Crippen molar-refractivity contribution in [2.75, 3.05) is 6.54 Å². The van der Waals surface area contributed by atoms with Crippen LogP contribution in [0.25, 0.3) is 0 Å². The Morgan fingerprint density at radius 2 is 2.13 bits per heavy atom. The van der Waals surface area contributed by atoms with E-state index in [-0.39, 0.29) is 0 Å². The minimum atomic E-state index is 0.740. The third kappa shape index (κ3) is 2.13. The van der Waals surface area contributed by atoms with Gasteiger partial charge in [0.05, 0.1) is 0 Å². The van der Waals surface area contributed by atoms with Gasteiger partial charge in [-0.2, -0.15) is 0 Å². The van der Waals surface area contributed by atoms with Crippen molar-refractivity contribution in [3.05, 3.63) is 12.2 Å². The molecule has 0 aliphatic heterocycles. The Kier molecular flexibility index (Phi) is 2.59. The first kappa shape index (κ1) is 9.89. The van der Waals surface area contributed by atoms with Crippen molar-refractivity contribution in [2.24, 2.45) is 23.7 Å². The van der Waals surface area contributed by atoms with Crippen molar-refractivity contribution in [3.8, 4) is 0 Å². The first-order chi connectivity index (χ1) is 7.33. The third-order valence-corrected chi connectivity index (χ3v) is 4.69. The van der Waals surface area contributed by atoms with E-state index in [9.17, 15) is 0 Å². The maximum absolute atomic E-state index is 3.75. The summed E-state index contributed by atoms with van der Waals surface area (Å²) in [5.74, 6) is 3.83. The summed E-state index contributed by atoms with van der Waals surface area (Å²) in [5.41, 5.74) is 0. The topological polar surface area (TPSA) is 12.0 Å². The number of hydrogen-bond donors (Lipinski definition) is 1. The Balaban J connectivity index is 1.43. The molecule has 2 fully saturated rings. The molecule has 0 radical (unpaired) electrons. The van der Waals surface area contributed by atoms with Crippen LogP contribution in [0.3, 0.4) is 0 Å². The van der Waals surface area contributed by atoms with E-state index in [0.29, 0.717) is 0 Å². The van der Waals surface area contributed by atoms with Gasteiger partial charge in [0.15, 0.2) is 0 Å². The largest absolute Gasteiger partial charge is 0.314 e. The Bertz CT molecular complexity index is 254. The van der Waals surface area contributed by atoms with Gasteiger partial charge in [-0.25, -0.2) is 0 Å². The maximum Gasteiger partial charge on any atom is 0.00728 e. The summed E-state index contributed by atoms with van der Waals surface area (Å²) < 4.78 is 0. The zero-order valence-electron chi connectivity index (χ0n) is 9.78. The highest BCUT2D eigenvalue weighted by Crippen LogP contribution is 2.44. The lowest BCUT2D eigenvalue weighted by atomic mass is 9.87. The molecule has 0 amide bonds. The van der Waals surface area contributed by atoms with Crippen LogP contribution in [-0.4, -0.2) is 12.6 Å². The highest BCUT2D eigenvalue weighted by molar-refractivity contribution is 5.11. The molecule has 0 heterocycles. The number of allylic oxidation sites excluding steroid dienone is 2. The van der Waals surface area contributed by atoms with Crippen LogP contribution in [0.2, 0.25) is 0 Å². The minimum absolute atomic E-state index is 0.740. The molecule has 0 aromatic carbocycles. The lowest BCUT2D eigenvalue weighted by molar-refractivity contribution is 0.325. The molecule has 3 rings (SSSR count). The molecule has 0 spiro atoms. The summed E-state index contributed by atoms with van der Waals surface area (Å²) in [6.45, 7) is 3.65. The van der Waals surface area contributed by atoms with Crippen molar-refractivity contribution in [1.82, 2.24) is 5.32 Å². The van der Waals surface area contributed by atoms with Gasteiger partial charge in [-0.15, -0.1) is 0 Å². The predicted molar refractivity (Wildman–Crippen MR) is 63.6 cm³/mol. The lowest BCUT2D eigenvalue weighted by Gasteiger charge is -2.26. The van der Waals surface area contributed by atoms with Crippen LogP contribution in [0.15, 0.2) is 12.2 Å². The van der Waals surface area contributed by atoms with Crippen LogP contribution in [0.5, 0.6) is 0 Å². The molecule has 4 atom stereocenters. The SMILES string of the molecule is CC(NCCC1CC1)C1CC2C=CC1C2. The van der Waals surface area contributed by atoms with Crippen LogP contribution in [0, 0.1) is 23.7 Å². The third-order valence-electron chi connectivity index (χ3n) is 4.69. The van der Waals surface area contributed by atoms with Crippen molar-refractivity contribution < 1.29 is 0 Å². The fraction of sp³-hybridized carbons (Fsp3) is 0.857. The van der Waals surface area contributed by atoms with E-state index >= 15 is 0 Å². The normalized spacial score (nSPS) is 39.9. The fourth-order valence-electron chi connectivity index (χ4n) is 3.47. The van der Waals surface area contributed by atoms with E-state index in [2.05, 4.69) is 24.4 Å². The second-order valence-corrected chi connectivity index (χ2v) is 5.92. The molecule has 2 saturated carbocycles. The van der Waals surface area contributed by atoms with Gasteiger partial charge in [-0.1, -0.05) is 25.0 Å². The molecule has 0 aromatic heterocycles. The first-order valence-electron chi connectivity index (χ1n) is 6.74. The molecule has 4 unspecified atom stereocenters. The van der Waals surface area contributed by atoms with Gasteiger partial charge in [0, 0.05) is 6.04 Å². The van der Waals surface area contributed by atoms with E-state index in [1.54, 1.807) is 0 Å². The van der Waals surface area contributed by atoms with Crippen LogP contribution < -0.4 is 5.32 Å². The second kappa shape index (κ2) is 3.93. The van der Waals surface area contributed by atoms with Gasteiger partial charge >= 0.3 is 0 Å². The quantitative estimate of drug-likeness (QED) is 0.680. The van der Waals surface area contributed by atoms with E-state index in [0.717, 1.165) is 29.7 Å². The summed E-state index contributed by atoms with van der Waals surface area (Å²) >= 11 is 0. The molecular formula is C14H23N. The zero-order valence-corrected chi connectivity index (χ0v) is 9.78. The van der Waals surface area contributed by atoms with Crippen molar-refractivity contribution in [3.63, 3.8) is 0 Å². The van der Waals surface area contributed by atoms with Gasteiger partial charge in [0.2, 0.25) is 0 Å². The number of nitrogens with one attached hydrogen (secondary N) is 1. The molecule has 1 N–H and O–H groups in total. The van der Waals surface area contributed by atoms with Crippen molar-refractivity contribution in [1.29, 1.82) is 0 Å². The lowest BCUT2D eigenvalue weighted by Crippen LogP contribution is -2.36. The van der Waals surface area contributed by atoms with Crippen LogP contribution in [0.4, 0.5) is 0 Å². The Morgan fingerprint density at radius 1 is 1.27 bits per heavy atom. The summed E-state index contributed by atoms with van der Waals surface area (Å²) in [5, 5.41) is 3.75. The maximum atomic E-state index is 3.75. The van der Waals surface area contributed by atoms with E-state index in [4.69, 9.17) is 0 Å². The summed E-state index contributed by atoms with van der Waals surface area (Å²) in [6, 6.07) is 0.740. The second-order valence-electron chi connectivity index (χ2n) is 5.92. The monoisotopic (exact) mass is 205 g/mol. The smallest absolute Gasteiger partial charge is 0.00728 e. The predicted octanol–water partition coefficient (Wildman–Crippen LogP) is 2.98. The Morgan fingerprint density at radius 3 is 2.73 bits per heavy atom. The van der Waals surface area contributed by atoms with E-state index in [1.165, 1.54) is 38.6 Å². The van der Waals surface area contributed by atoms with Gasteiger partial charge in [-0.05, 0) is 56.4 Å². The molecule has 15 heavy (non-hydrogen) atoms. The summed E-state index contributed by atoms with van der Waals surface area (Å²) in [7, 11) is 0. The Labute approximate surface area is 93.3 Å². The van der Waals surface area contributed by atoms with Crippen LogP contribution in [0.1, 0.15) is 39.0 Å². The molecule has 3 aliphatic carbocycles. The molecule has 0 saturated heterocycles. The zero-order chi connectivity index (χ0) is 10.3. The van der Waals surface area contributed by atoms with Crippen molar-refractivity contribution in [2.45, 2.75) is 45.1 Å². The van der Waals surface area contributed by atoms with Crippen molar-refractivity contribution >= 4 is 0 Å². The minimum Gasteiger partial charge on any atom is -0.314 e. The number of fused-ring (bicyclic) bond motifs is 2. The van der Waals surface area contributed by atoms with Gasteiger partial charge in [0.25, 0.3) is 0 Å². The molecule has 84 valence electrons. The molecular weight excluding hydrogens is 182 g/mol. The summed E-state index contributed by atoms with van der Waals surface area (Å²) in [4.78, 5) is 0. The van der Waals surface area contributed by atoms with Gasteiger partial charge < -0.3 is 5.32 Å². The fourth-order valence-corrected chi connectivity index (χ4v) is 3.47. The highest BCUT2D eigenvalue weighted by Gasteiger charge is 2.38. The number of rotatable bonds is 5. The molecule has 3 aliphatic rings. The van der Waals surface area contributed by atoms with Gasteiger partial charge in [0.1, 0.15) is 0 Å². The Hall–Kier alpha value is -0.300. The van der Waals surface area contributed by atoms with E-state index < -0.39 is 0 Å². The summed E-state index contributed by atoms with van der Waals surface area (Å²) in [6.07, 6.45) is 12.2. The van der Waals surface area contributed by atoms with Gasteiger partial charge in [-0.3, -0.25) is 0 Å². The highest BCUT2D eigenvalue weighted by atomic mass is 14.9. The molecule has 2 bridgehead atoms. The van der Waals surface area contributed by atoms with E-state index in [1.807, 2.05) is 0 Å². The average Bonchev–Trinajstić information content (AvgIpc) is 2.83. The average molecular weight is 205 g/mol. The molecule has 1 heteroatoms. The van der Waals surface area contributed by atoms with Crippen LogP contribution in [-0.2, 0) is 0 Å². The standard InChI is InChI=1S/C14H23N/c1-10(15-7-6-11-2-3-11)14-9-12-4-5-13(14)8-12/h4-5,10-15H,2-3,6-9H2,1H3.